The number of hydrogen-bond acceptors (Lipinski definition) is 2. The molecule has 0 aliphatic carbocycles. The van der Waals surface area contributed by atoms with E-state index in [-0.39, 0.29) is 11.7 Å². The zero-order chi connectivity index (χ0) is 17.3. The van der Waals surface area contributed by atoms with Gasteiger partial charge in [0.25, 0.3) is 0 Å². The second-order valence-corrected chi connectivity index (χ2v) is 6.46. The van der Waals surface area contributed by atoms with E-state index in [1.165, 1.54) is 6.92 Å². The van der Waals surface area contributed by atoms with Gasteiger partial charge in [-0.1, -0.05) is 18.2 Å². The van der Waals surface area contributed by atoms with Crippen LogP contribution in [-0.4, -0.2) is 16.7 Å². The van der Waals surface area contributed by atoms with Crippen LogP contribution in [0.15, 0.2) is 54.7 Å². The number of amides is 1. The average molecular weight is 320 g/mol. The van der Waals surface area contributed by atoms with Gasteiger partial charge in [-0.15, -0.1) is 0 Å². The van der Waals surface area contributed by atoms with Crippen molar-refractivity contribution in [1.82, 2.24) is 4.98 Å². The quantitative estimate of drug-likeness (QED) is 0.705. The van der Waals surface area contributed by atoms with Gasteiger partial charge < -0.3 is 10.3 Å². The van der Waals surface area contributed by atoms with Gasteiger partial charge in [0, 0.05) is 28.4 Å². The number of nitrogens with one attached hydrogen (secondary N) is 2. The standard InChI is InChI=1S/C20H20N2O2/c1-13(23)14-8-10-15(11-9-14)22-19(24)20(2,3)17-12-21-18-7-5-4-6-16(17)18/h4-12,21H,1-3H3,(H,22,24). The summed E-state index contributed by atoms with van der Waals surface area (Å²) >= 11 is 0. The first-order valence-corrected chi connectivity index (χ1v) is 7.88. The third-order valence-corrected chi connectivity index (χ3v) is 4.38. The number of Topliss-reactive ketones (excluding diaryl/α,β-unsaturated/α-hetero) is 1. The van der Waals surface area contributed by atoms with E-state index >= 15 is 0 Å². The van der Waals surface area contributed by atoms with Crippen LogP contribution in [0.25, 0.3) is 10.9 Å². The van der Waals surface area contributed by atoms with Gasteiger partial charge in [-0.05, 0) is 56.7 Å². The zero-order valence-corrected chi connectivity index (χ0v) is 14.0. The summed E-state index contributed by atoms with van der Waals surface area (Å²) in [6, 6.07) is 14.9. The predicted molar refractivity (Wildman–Crippen MR) is 96.4 cm³/mol. The smallest absolute Gasteiger partial charge is 0.234 e. The molecule has 0 aliphatic heterocycles. The molecular weight excluding hydrogens is 300 g/mol. The van der Waals surface area contributed by atoms with Gasteiger partial charge in [0.1, 0.15) is 0 Å². The number of carbonyl (C=O) groups is 2. The van der Waals surface area contributed by atoms with E-state index in [1.807, 2.05) is 44.3 Å². The van der Waals surface area contributed by atoms with Crippen LogP contribution < -0.4 is 5.32 Å². The Labute approximate surface area is 140 Å². The molecule has 2 aromatic carbocycles. The van der Waals surface area contributed by atoms with Crippen LogP contribution in [0.1, 0.15) is 36.7 Å². The van der Waals surface area contributed by atoms with Crippen LogP contribution in [0.4, 0.5) is 5.69 Å². The number of anilines is 1. The summed E-state index contributed by atoms with van der Waals surface area (Å²) < 4.78 is 0. The number of aromatic amines is 1. The lowest BCUT2D eigenvalue weighted by Gasteiger charge is -2.23. The van der Waals surface area contributed by atoms with Crippen LogP contribution in [0, 0.1) is 0 Å². The van der Waals surface area contributed by atoms with Crippen LogP contribution >= 0.6 is 0 Å². The molecule has 0 unspecified atom stereocenters. The maximum atomic E-state index is 12.8. The van der Waals surface area contributed by atoms with Crippen molar-refractivity contribution >= 4 is 28.3 Å². The number of hydrogen-bond donors (Lipinski definition) is 2. The molecule has 4 nitrogen and oxygen atoms in total. The van der Waals surface area contributed by atoms with Crippen LogP contribution in [0.3, 0.4) is 0 Å². The van der Waals surface area contributed by atoms with Crippen molar-refractivity contribution in [2.24, 2.45) is 0 Å². The molecule has 4 heteroatoms. The highest BCUT2D eigenvalue weighted by Crippen LogP contribution is 2.31. The molecule has 0 spiro atoms. The van der Waals surface area contributed by atoms with E-state index in [1.54, 1.807) is 24.3 Å². The molecule has 1 heterocycles. The van der Waals surface area contributed by atoms with Gasteiger partial charge in [-0.2, -0.15) is 0 Å². The Bertz CT molecular complexity index is 905. The van der Waals surface area contributed by atoms with Crippen molar-refractivity contribution in [1.29, 1.82) is 0 Å². The molecular formula is C20H20N2O2. The summed E-state index contributed by atoms with van der Waals surface area (Å²) in [5.74, 6) is -0.0881. The van der Waals surface area contributed by atoms with E-state index in [9.17, 15) is 9.59 Å². The third kappa shape index (κ3) is 2.83. The number of ketones is 1. The summed E-state index contributed by atoms with van der Waals surface area (Å²) in [6.07, 6.45) is 1.89. The van der Waals surface area contributed by atoms with E-state index in [0.29, 0.717) is 11.3 Å². The molecule has 0 atom stereocenters. The molecule has 1 aromatic heterocycles. The predicted octanol–water partition coefficient (Wildman–Crippen LogP) is 4.29. The molecule has 3 aromatic rings. The van der Waals surface area contributed by atoms with Crippen LogP contribution in [0.5, 0.6) is 0 Å². The number of benzene rings is 2. The van der Waals surface area contributed by atoms with Crippen molar-refractivity contribution in [3.63, 3.8) is 0 Å². The van der Waals surface area contributed by atoms with Crippen LogP contribution in [0.2, 0.25) is 0 Å². The summed E-state index contributed by atoms with van der Waals surface area (Å²) in [6.45, 7) is 5.33. The fraction of sp³-hybridized carbons (Fsp3) is 0.200. The molecule has 0 saturated carbocycles. The minimum absolute atomic E-state index is 0.00648. The molecule has 122 valence electrons. The summed E-state index contributed by atoms with van der Waals surface area (Å²) in [7, 11) is 0. The maximum Gasteiger partial charge on any atom is 0.234 e. The Morgan fingerprint density at radius 1 is 1.00 bits per heavy atom. The highest BCUT2D eigenvalue weighted by atomic mass is 16.2. The molecule has 0 saturated heterocycles. The minimum Gasteiger partial charge on any atom is -0.361 e. The van der Waals surface area contributed by atoms with Gasteiger partial charge in [-0.25, -0.2) is 0 Å². The number of para-hydroxylation sites is 1. The van der Waals surface area contributed by atoms with Gasteiger partial charge in [0.2, 0.25) is 5.91 Å². The van der Waals surface area contributed by atoms with Crippen LogP contribution in [-0.2, 0) is 10.2 Å². The first kappa shape index (κ1) is 16.0. The maximum absolute atomic E-state index is 12.8. The third-order valence-electron chi connectivity index (χ3n) is 4.38. The first-order valence-electron chi connectivity index (χ1n) is 7.88. The highest BCUT2D eigenvalue weighted by molar-refractivity contribution is 6.02. The van der Waals surface area contributed by atoms with E-state index in [4.69, 9.17) is 0 Å². The normalized spacial score (nSPS) is 11.5. The summed E-state index contributed by atoms with van der Waals surface area (Å²) in [5.41, 5.74) is 2.58. The number of aromatic nitrogens is 1. The number of fused-ring (bicyclic) bond motifs is 1. The molecule has 0 radical (unpaired) electrons. The number of H-pyrrole nitrogens is 1. The summed E-state index contributed by atoms with van der Waals surface area (Å²) in [4.78, 5) is 27.3. The summed E-state index contributed by atoms with van der Waals surface area (Å²) in [5, 5.41) is 3.98. The van der Waals surface area contributed by atoms with Crippen molar-refractivity contribution < 1.29 is 9.59 Å². The molecule has 3 rings (SSSR count). The Hall–Kier alpha value is -2.88. The Morgan fingerprint density at radius 3 is 2.33 bits per heavy atom. The lowest BCUT2D eigenvalue weighted by molar-refractivity contribution is -0.120. The lowest BCUT2D eigenvalue weighted by atomic mass is 9.83. The number of rotatable bonds is 4. The van der Waals surface area contributed by atoms with Crippen molar-refractivity contribution in [3.05, 3.63) is 65.9 Å². The van der Waals surface area contributed by atoms with E-state index in [0.717, 1.165) is 16.5 Å². The number of carbonyl (C=O) groups excluding carboxylic acids is 2. The molecule has 1 amide bonds. The molecule has 0 aliphatic rings. The Kier molecular flexibility index (Phi) is 3.97. The molecule has 24 heavy (non-hydrogen) atoms. The fourth-order valence-corrected chi connectivity index (χ4v) is 2.79. The molecule has 2 N–H and O–H groups in total. The lowest BCUT2D eigenvalue weighted by Crippen LogP contribution is -2.34. The topological polar surface area (TPSA) is 62.0 Å². The SMILES string of the molecule is CC(=O)c1ccc(NC(=O)C(C)(C)c2c[nH]c3ccccc23)cc1. The first-order chi connectivity index (χ1) is 11.4. The highest BCUT2D eigenvalue weighted by Gasteiger charge is 2.32. The second kappa shape index (κ2) is 5.96. The van der Waals surface area contributed by atoms with Crippen molar-refractivity contribution in [2.75, 3.05) is 5.32 Å². The Morgan fingerprint density at radius 2 is 1.67 bits per heavy atom. The van der Waals surface area contributed by atoms with Gasteiger partial charge in [-0.3, -0.25) is 9.59 Å². The van der Waals surface area contributed by atoms with Gasteiger partial charge in [0.15, 0.2) is 5.78 Å². The monoisotopic (exact) mass is 320 g/mol. The molecule has 0 bridgehead atoms. The van der Waals surface area contributed by atoms with E-state index < -0.39 is 5.41 Å². The zero-order valence-electron chi connectivity index (χ0n) is 14.0. The largest absolute Gasteiger partial charge is 0.361 e. The van der Waals surface area contributed by atoms with Gasteiger partial charge >= 0.3 is 0 Å². The van der Waals surface area contributed by atoms with E-state index in [2.05, 4.69) is 10.3 Å². The molecule has 0 fully saturated rings. The fourth-order valence-electron chi connectivity index (χ4n) is 2.79. The van der Waals surface area contributed by atoms with Crippen molar-refractivity contribution in [3.8, 4) is 0 Å². The Balaban J connectivity index is 1.86. The average Bonchev–Trinajstić information content (AvgIpc) is 3.00. The second-order valence-electron chi connectivity index (χ2n) is 6.46. The van der Waals surface area contributed by atoms with Gasteiger partial charge in [0.05, 0.1) is 5.41 Å². The minimum atomic E-state index is -0.696. The van der Waals surface area contributed by atoms with Crippen molar-refractivity contribution in [2.45, 2.75) is 26.2 Å².